The van der Waals surface area contributed by atoms with Crippen molar-refractivity contribution in [3.63, 3.8) is 0 Å². The molecule has 3 rings (SSSR count). The van der Waals surface area contributed by atoms with Crippen LogP contribution in [0.3, 0.4) is 0 Å². The third-order valence-electron chi connectivity index (χ3n) is 5.30. The number of alkyl halides is 1. The molecular formula is C26H27FN2O7. The van der Waals surface area contributed by atoms with E-state index in [9.17, 15) is 24.1 Å². The van der Waals surface area contributed by atoms with Crippen LogP contribution in [0.5, 0.6) is 5.75 Å². The highest BCUT2D eigenvalue weighted by Crippen LogP contribution is 2.40. The second-order valence-electron chi connectivity index (χ2n) is 8.23. The summed E-state index contributed by atoms with van der Waals surface area (Å²) < 4.78 is 30.4. The lowest BCUT2D eigenvalue weighted by Crippen LogP contribution is -2.34. The standard InChI is InChI=1S/C26H27FN2O7/c1-16(2)36-26(31)22-17(3)28-21(15-27)24(23(22)18-8-7-9-19(14-18)29(32)33)25(30)35-13-12-34-20-10-5-4-6-11-20/h4-11,14,16,23,28H,12-13,15H2,1-3H3. The van der Waals surface area contributed by atoms with Gasteiger partial charge in [-0.05, 0) is 38.5 Å². The smallest absolute Gasteiger partial charge is 0.337 e. The number of nitro benzene ring substituents is 1. The molecule has 0 saturated carbocycles. The fraction of sp³-hybridized carbons (Fsp3) is 0.308. The van der Waals surface area contributed by atoms with Crippen LogP contribution in [-0.4, -0.2) is 42.9 Å². The van der Waals surface area contributed by atoms with Crippen LogP contribution in [0.15, 0.2) is 77.1 Å². The van der Waals surface area contributed by atoms with Crippen LogP contribution in [-0.2, 0) is 19.1 Å². The van der Waals surface area contributed by atoms with Gasteiger partial charge in [-0.3, -0.25) is 10.1 Å². The van der Waals surface area contributed by atoms with Gasteiger partial charge in [0.15, 0.2) is 0 Å². The Morgan fingerprint density at radius 3 is 2.42 bits per heavy atom. The number of carbonyl (C=O) groups excluding carboxylic acids is 2. The average molecular weight is 499 g/mol. The van der Waals surface area contributed by atoms with Gasteiger partial charge in [-0.1, -0.05) is 30.3 Å². The lowest BCUT2D eigenvalue weighted by molar-refractivity contribution is -0.384. The number of hydrogen-bond donors (Lipinski definition) is 1. The van der Waals surface area contributed by atoms with Gasteiger partial charge in [0, 0.05) is 17.8 Å². The summed E-state index contributed by atoms with van der Waals surface area (Å²) in [6.45, 7) is 3.72. The molecule has 2 aromatic rings. The normalized spacial score (nSPS) is 15.4. The van der Waals surface area contributed by atoms with Gasteiger partial charge in [-0.25, -0.2) is 14.0 Å². The Kier molecular flexibility index (Phi) is 8.77. The van der Waals surface area contributed by atoms with E-state index in [2.05, 4.69) is 5.32 Å². The summed E-state index contributed by atoms with van der Waals surface area (Å²) >= 11 is 0. The van der Waals surface area contributed by atoms with Gasteiger partial charge in [0.05, 0.1) is 33.8 Å². The molecule has 1 aliphatic rings. The Hall–Kier alpha value is -4.21. The fourth-order valence-electron chi connectivity index (χ4n) is 3.83. The summed E-state index contributed by atoms with van der Waals surface area (Å²) in [6, 6.07) is 14.4. The maximum Gasteiger partial charge on any atom is 0.337 e. The molecule has 0 bridgehead atoms. The van der Waals surface area contributed by atoms with E-state index >= 15 is 0 Å². The molecule has 2 aromatic carbocycles. The quantitative estimate of drug-likeness (QED) is 0.222. The molecule has 1 N–H and O–H groups in total. The third kappa shape index (κ3) is 6.26. The number of nitro groups is 1. The number of esters is 2. The van der Waals surface area contributed by atoms with Crippen molar-refractivity contribution in [1.82, 2.24) is 5.32 Å². The Morgan fingerprint density at radius 2 is 1.78 bits per heavy atom. The molecule has 1 unspecified atom stereocenters. The minimum Gasteiger partial charge on any atom is -0.490 e. The fourth-order valence-corrected chi connectivity index (χ4v) is 3.83. The van der Waals surface area contributed by atoms with Crippen molar-refractivity contribution in [2.45, 2.75) is 32.8 Å². The summed E-state index contributed by atoms with van der Waals surface area (Å²) in [6.07, 6.45) is -0.472. The molecule has 36 heavy (non-hydrogen) atoms. The van der Waals surface area contributed by atoms with E-state index in [4.69, 9.17) is 14.2 Å². The first-order valence-corrected chi connectivity index (χ1v) is 11.3. The average Bonchev–Trinajstić information content (AvgIpc) is 2.85. The van der Waals surface area contributed by atoms with E-state index < -0.39 is 35.6 Å². The summed E-state index contributed by atoms with van der Waals surface area (Å²) in [5.41, 5.74) is 0.0472. The van der Waals surface area contributed by atoms with Gasteiger partial charge in [0.25, 0.3) is 5.69 Å². The lowest BCUT2D eigenvalue weighted by Gasteiger charge is -2.31. The van der Waals surface area contributed by atoms with E-state index in [1.807, 2.05) is 6.07 Å². The highest BCUT2D eigenvalue weighted by Gasteiger charge is 2.39. The van der Waals surface area contributed by atoms with Crippen LogP contribution in [0, 0.1) is 10.1 Å². The predicted molar refractivity (Wildman–Crippen MR) is 129 cm³/mol. The summed E-state index contributed by atoms with van der Waals surface area (Å²) in [4.78, 5) is 37.1. The number of carbonyl (C=O) groups is 2. The van der Waals surface area contributed by atoms with Gasteiger partial charge >= 0.3 is 11.9 Å². The van der Waals surface area contributed by atoms with Crippen molar-refractivity contribution in [2.24, 2.45) is 0 Å². The van der Waals surface area contributed by atoms with Crippen LogP contribution < -0.4 is 10.1 Å². The number of non-ortho nitro benzene ring substituents is 1. The monoisotopic (exact) mass is 498 g/mol. The van der Waals surface area contributed by atoms with Gasteiger partial charge in [0.1, 0.15) is 25.6 Å². The second-order valence-corrected chi connectivity index (χ2v) is 8.23. The molecule has 0 fully saturated rings. The second kappa shape index (κ2) is 12.0. The number of benzene rings is 2. The van der Waals surface area contributed by atoms with E-state index in [-0.39, 0.29) is 47.0 Å². The first kappa shape index (κ1) is 26.4. The molecular weight excluding hydrogens is 471 g/mol. The molecule has 0 aromatic heterocycles. The zero-order valence-electron chi connectivity index (χ0n) is 20.2. The number of rotatable bonds is 10. The van der Waals surface area contributed by atoms with Crippen molar-refractivity contribution in [3.05, 3.63) is 92.8 Å². The van der Waals surface area contributed by atoms with Crippen LogP contribution in [0.1, 0.15) is 32.3 Å². The number of ether oxygens (including phenoxy) is 3. The summed E-state index contributed by atoms with van der Waals surface area (Å²) in [7, 11) is 0. The zero-order chi connectivity index (χ0) is 26.2. The number of hydrogen-bond acceptors (Lipinski definition) is 8. The highest BCUT2D eigenvalue weighted by atomic mass is 19.1. The number of nitrogens with one attached hydrogen (secondary N) is 1. The Morgan fingerprint density at radius 1 is 1.06 bits per heavy atom. The van der Waals surface area contributed by atoms with Crippen molar-refractivity contribution >= 4 is 17.6 Å². The Balaban J connectivity index is 1.96. The number of para-hydroxylation sites is 1. The number of halogens is 1. The SMILES string of the molecule is CC1=C(C(=O)OC(C)C)C(c2cccc([N+](=O)[O-])c2)C(C(=O)OCCOc2ccccc2)=C(CF)N1. The van der Waals surface area contributed by atoms with E-state index in [1.54, 1.807) is 45.0 Å². The van der Waals surface area contributed by atoms with Crippen LogP contribution >= 0.6 is 0 Å². The highest BCUT2D eigenvalue weighted by molar-refractivity contribution is 6.00. The van der Waals surface area contributed by atoms with Gasteiger partial charge in [-0.15, -0.1) is 0 Å². The van der Waals surface area contributed by atoms with E-state index in [0.717, 1.165) is 0 Å². The minimum absolute atomic E-state index is 0.0360. The first-order valence-electron chi connectivity index (χ1n) is 11.3. The Bertz CT molecular complexity index is 1190. The van der Waals surface area contributed by atoms with Gasteiger partial charge < -0.3 is 19.5 Å². The van der Waals surface area contributed by atoms with Crippen molar-refractivity contribution in [2.75, 3.05) is 19.9 Å². The maximum atomic E-state index is 14.1. The van der Waals surface area contributed by atoms with Gasteiger partial charge in [0.2, 0.25) is 0 Å². The van der Waals surface area contributed by atoms with Crippen molar-refractivity contribution in [3.8, 4) is 5.75 Å². The molecule has 190 valence electrons. The summed E-state index contributed by atoms with van der Waals surface area (Å²) in [5, 5.41) is 14.2. The molecule has 1 aliphatic heterocycles. The molecule has 9 nitrogen and oxygen atoms in total. The molecule has 0 radical (unpaired) electrons. The molecule has 0 spiro atoms. The molecule has 1 heterocycles. The first-order chi connectivity index (χ1) is 17.2. The maximum absolute atomic E-state index is 14.1. The van der Waals surface area contributed by atoms with E-state index in [1.165, 1.54) is 24.3 Å². The van der Waals surface area contributed by atoms with Crippen LogP contribution in [0.25, 0.3) is 0 Å². The number of nitrogens with zero attached hydrogens (tertiary/aromatic N) is 1. The lowest BCUT2D eigenvalue weighted by atomic mass is 9.80. The molecule has 1 atom stereocenters. The largest absolute Gasteiger partial charge is 0.490 e. The zero-order valence-corrected chi connectivity index (χ0v) is 20.2. The molecule has 0 aliphatic carbocycles. The predicted octanol–water partition coefficient (Wildman–Crippen LogP) is 4.35. The summed E-state index contributed by atoms with van der Waals surface area (Å²) in [5.74, 6) is -2.18. The van der Waals surface area contributed by atoms with E-state index in [0.29, 0.717) is 5.75 Å². The molecule has 0 amide bonds. The van der Waals surface area contributed by atoms with Crippen LogP contribution in [0.4, 0.5) is 10.1 Å². The van der Waals surface area contributed by atoms with Crippen molar-refractivity contribution in [1.29, 1.82) is 0 Å². The molecule has 10 heteroatoms. The Labute approximate surface area is 207 Å². The van der Waals surface area contributed by atoms with Crippen LogP contribution in [0.2, 0.25) is 0 Å². The number of dihydropyridines is 1. The molecule has 0 saturated heterocycles. The minimum atomic E-state index is -1.15. The topological polar surface area (TPSA) is 117 Å². The third-order valence-corrected chi connectivity index (χ3v) is 5.30. The van der Waals surface area contributed by atoms with Crippen molar-refractivity contribution < 1.29 is 33.1 Å². The van der Waals surface area contributed by atoms with Gasteiger partial charge in [-0.2, -0.15) is 0 Å². The number of allylic oxidation sites excluding steroid dienone is 2.